The van der Waals surface area contributed by atoms with E-state index >= 15 is 0 Å². The lowest BCUT2D eigenvalue weighted by atomic mass is 9.90. The Balaban J connectivity index is 1.64. The number of hydrogen-bond acceptors (Lipinski definition) is 5. The van der Waals surface area contributed by atoms with Gasteiger partial charge in [-0.05, 0) is 36.2 Å². The molecule has 1 aliphatic heterocycles. The molecule has 3 rings (SSSR count). The molecule has 0 bridgehead atoms. The van der Waals surface area contributed by atoms with Crippen molar-refractivity contribution in [2.45, 2.75) is 35.7 Å². The Morgan fingerprint density at radius 2 is 1.73 bits per heavy atom. The molecule has 0 aromatic heterocycles. The fourth-order valence-electron chi connectivity index (χ4n) is 3.38. The smallest absolute Gasteiger partial charge is 0.390 e. The van der Waals surface area contributed by atoms with Gasteiger partial charge in [0.05, 0.1) is 16.6 Å². The number of hydrogen-bond donors (Lipinski definition) is 3. The number of nitrogens with zero attached hydrogens (tertiary/aromatic N) is 1. The molecular weight excluding hydrogens is 421 g/mol. The van der Waals surface area contributed by atoms with Crippen LogP contribution in [0.3, 0.4) is 0 Å². The molecule has 0 spiro atoms. The monoisotopic (exact) mass is 444 g/mol. The number of aliphatic hydroxyl groups excluding tert-OH is 1. The van der Waals surface area contributed by atoms with Crippen LogP contribution in [0.5, 0.6) is 0 Å². The van der Waals surface area contributed by atoms with Crippen molar-refractivity contribution in [2.75, 3.05) is 19.6 Å². The minimum atomic E-state index is -4.42. The normalized spacial score (nSPS) is 23.4. The minimum absolute atomic E-state index is 0.0600. The van der Waals surface area contributed by atoms with E-state index in [1.54, 1.807) is 18.2 Å². The van der Waals surface area contributed by atoms with Crippen LogP contribution >= 0.6 is 0 Å². The van der Waals surface area contributed by atoms with Crippen molar-refractivity contribution in [3.8, 4) is 0 Å². The SMILES string of the molecule is O=S(=O)(c1ccccc1)N1CC[C@H](O)[C@@](O)(CNCc2ccc(C(F)(F)F)cc2)C1. The van der Waals surface area contributed by atoms with Gasteiger partial charge < -0.3 is 15.5 Å². The average Bonchev–Trinajstić information content (AvgIpc) is 2.70. The summed E-state index contributed by atoms with van der Waals surface area (Å²) in [5.74, 6) is 0. The summed E-state index contributed by atoms with van der Waals surface area (Å²) < 4.78 is 64.7. The van der Waals surface area contributed by atoms with Crippen molar-refractivity contribution in [1.29, 1.82) is 0 Å². The Hall–Kier alpha value is -1.98. The Kier molecular flexibility index (Phi) is 6.54. The molecule has 1 saturated heterocycles. The van der Waals surface area contributed by atoms with Gasteiger partial charge in [0, 0.05) is 26.2 Å². The summed E-state index contributed by atoms with van der Waals surface area (Å²) >= 11 is 0. The second-order valence-corrected chi connectivity index (χ2v) is 9.30. The van der Waals surface area contributed by atoms with Gasteiger partial charge in [-0.3, -0.25) is 0 Å². The number of piperidine rings is 1. The topological polar surface area (TPSA) is 89.9 Å². The summed E-state index contributed by atoms with van der Waals surface area (Å²) in [6.07, 6.45) is -5.49. The highest BCUT2D eigenvalue weighted by Crippen LogP contribution is 2.29. The first-order chi connectivity index (χ1) is 14.0. The number of sulfonamides is 1. The Morgan fingerprint density at radius 1 is 1.10 bits per heavy atom. The van der Waals surface area contributed by atoms with Crippen molar-refractivity contribution in [3.63, 3.8) is 0 Å². The molecule has 1 aliphatic rings. The summed E-state index contributed by atoms with van der Waals surface area (Å²) in [5.41, 5.74) is -1.92. The molecule has 3 N–H and O–H groups in total. The third-order valence-corrected chi connectivity index (χ3v) is 7.00. The number of nitrogens with one attached hydrogen (secondary N) is 1. The number of β-amino-alcohol motifs (C(OH)–C–C–N with tert-alkyl or cyclic N) is 1. The highest BCUT2D eigenvalue weighted by atomic mass is 32.2. The van der Waals surface area contributed by atoms with Crippen molar-refractivity contribution >= 4 is 10.0 Å². The van der Waals surface area contributed by atoms with E-state index in [1.165, 1.54) is 24.3 Å². The molecule has 2 atom stereocenters. The molecule has 30 heavy (non-hydrogen) atoms. The molecule has 0 saturated carbocycles. The minimum Gasteiger partial charge on any atom is -0.390 e. The second-order valence-electron chi connectivity index (χ2n) is 7.36. The van der Waals surface area contributed by atoms with Crippen LogP contribution in [0.25, 0.3) is 0 Å². The Labute approximate surface area is 173 Å². The van der Waals surface area contributed by atoms with Gasteiger partial charge >= 0.3 is 6.18 Å². The van der Waals surface area contributed by atoms with E-state index in [4.69, 9.17) is 0 Å². The largest absolute Gasteiger partial charge is 0.416 e. The van der Waals surface area contributed by atoms with E-state index in [-0.39, 0.29) is 37.5 Å². The molecule has 2 aromatic rings. The number of aliphatic hydroxyl groups is 2. The summed E-state index contributed by atoms with van der Waals surface area (Å²) in [4.78, 5) is 0.0986. The van der Waals surface area contributed by atoms with Gasteiger partial charge in [-0.1, -0.05) is 30.3 Å². The lowest BCUT2D eigenvalue weighted by Crippen LogP contribution is -2.62. The van der Waals surface area contributed by atoms with Crippen molar-refractivity contribution < 1.29 is 31.8 Å². The standard InChI is InChI=1S/C20H23F3N2O4S/c21-20(22,23)16-8-6-15(7-9-16)12-24-13-19(27)14-25(11-10-18(19)26)30(28,29)17-4-2-1-3-5-17/h1-9,18,24,26-27H,10-14H2/t18-,19+/m0/s1. The van der Waals surface area contributed by atoms with E-state index in [0.717, 1.165) is 16.4 Å². The van der Waals surface area contributed by atoms with Gasteiger partial charge in [0.15, 0.2) is 0 Å². The average molecular weight is 444 g/mol. The van der Waals surface area contributed by atoms with E-state index in [9.17, 15) is 31.8 Å². The van der Waals surface area contributed by atoms with E-state index in [2.05, 4.69) is 5.32 Å². The van der Waals surface area contributed by atoms with E-state index in [0.29, 0.717) is 5.56 Å². The van der Waals surface area contributed by atoms with Gasteiger partial charge in [-0.15, -0.1) is 0 Å². The van der Waals surface area contributed by atoms with Gasteiger partial charge in [0.25, 0.3) is 0 Å². The van der Waals surface area contributed by atoms with Crippen LogP contribution in [-0.4, -0.2) is 54.3 Å². The highest BCUT2D eigenvalue weighted by molar-refractivity contribution is 7.89. The van der Waals surface area contributed by atoms with E-state index in [1.807, 2.05) is 0 Å². The third kappa shape index (κ3) is 5.01. The lowest BCUT2D eigenvalue weighted by molar-refractivity contribution is -0.137. The molecule has 1 heterocycles. The quantitative estimate of drug-likeness (QED) is 0.634. The number of alkyl halides is 3. The maximum absolute atomic E-state index is 12.8. The maximum Gasteiger partial charge on any atom is 0.416 e. The summed E-state index contributed by atoms with van der Waals surface area (Å²) in [6, 6.07) is 12.4. The fraction of sp³-hybridized carbons (Fsp3) is 0.400. The molecule has 2 aromatic carbocycles. The molecule has 1 fully saturated rings. The zero-order valence-corrected chi connectivity index (χ0v) is 16.8. The van der Waals surface area contributed by atoms with Crippen LogP contribution in [0.1, 0.15) is 17.5 Å². The summed E-state index contributed by atoms with van der Waals surface area (Å²) in [5, 5.41) is 24.1. The molecular formula is C20H23F3N2O4S. The van der Waals surface area contributed by atoms with Gasteiger partial charge in [0.1, 0.15) is 5.60 Å². The van der Waals surface area contributed by atoms with Crippen molar-refractivity contribution in [3.05, 3.63) is 65.7 Å². The fourth-order valence-corrected chi connectivity index (χ4v) is 4.92. The first-order valence-electron chi connectivity index (χ1n) is 9.35. The van der Waals surface area contributed by atoms with Crippen molar-refractivity contribution in [1.82, 2.24) is 9.62 Å². The molecule has 10 heteroatoms. The maximum atomic E-state index is 12.8. The molecule has 0 radical (unpaired) electrons. The molecule has 0 aliphatic carbocycles. The zero-order valence-electron chi connectivity index (χ0n) is 16.0. The predicted molar refractivity (Wildman–Crippen MR) is 104 cm³/mol. The van der Waals surface area contributed by atoms with Gasteiger partial charge in [0.2, 0.25) is 10.0 Å². The molecule has 164 valence electrons. The van der Waals surface area contributed by atoms with Crippen LogP contribution in [0, 0.1) is 0 Å². The summed E-state index contributed by atoms with van der Waals surface area (Å²) in [6.45, 7) is -0.209. The lowest BCUT2D eigenvalue weighted by Gasteiger charge is -2.42. The molecule has 0 unspecified atom stereocenters. The molecule has 6 nitrogen and oxygen atoms in total. The summed E-state index contributed by atoms with van der Waals surface area (Å²) in [7, 11) is -3.82. The first kappa shape index (κ1) is 22.7. The number of rotatable bonds is 6. The second kappa shape index (κ2) is 8.64. The van der Waals surface area contributed by atoms with Crippen LogP contribution in [-0.2, 0) is 22.7 Å². The molecule has 0 amide bonds. The highest BCUT2D eigenvalue weighted by Gasteiger charge is 2.44. The Bertz CT molecular complexity index is 952. The van der Waals surface area contributed by atoms with Gasteiger partial charge in [-0.25, -0.2) is 8.42 Å². The Morgan fingerprint density at radius 3 is 2.33 bits per heavy atom. The number of benzene rings is 2. The van der Waals surface area contributed by atoms with E-state index < -0.39 is 33.5 Å². The van der Waals surface area contributed by atoms with Gasteiger partial charge in [-0.2, -0.15) is 17.5 Å². The van der Waals surface area contributed by atoms with Crippen LogP contribution in [0.4, 0.5) is 13.2 Å². The van der Waals surface area contributed by atoms with Crippen LogP contribution in [0.15, 0.2) is 59.5 Å². The third-order valence-electron chi connectivity index (χ3n) is 5.14. The van der Waals surface area contributed by atoms with Crippen LogP contribution < -0.4 is 5.32 Å². The van der Waals surface area contributed by atoms with Crippen molar-refractivity contribution in [2.24, 2.45) is 0 Å². The first-order valence-corrected chi connectivity index (χ1v) is 10.8. The predicted octanol–water partition coefficient (Wildman–Crippen LogP) is 1.98. The zero-order chi connectivity index (χ0) is 22.0. The van der Waals surface area contributed by atoms with Crippen LogP contribution in [0.2, 0.25) is 0 Å². The number of halogens is 3.